The van der Waals surface area contributed by atoms with Crippen LogP contribution in [0.5, 0.6) is 0 Å². The second-order valence-corrected chi connectivity index (χ2v) is 6.62. The summed E-state index contributed by atoms with van der Waals surface area (Å²) in [5, 5.41) is 0.0840. The fourth-order valence-corrected chi connectivity index (χ4v) is 3.41. The van der Waals surface area contributed by atoms with Crippen molar-refractivity contribution in [3.05, 3.63) is 42.4 Å². The summed E-state index contributed by atoms with van der Waals surface area (Å²) in [5.41, 5.74) is 7.25. The summed E-state index contributed by atoms with van der Waals surface area (Å²) in [6.07, 6.45) is 2.65. The van der Waals surface area contributed by atoms with Gasteiger partial charge >= 0.3 is 0 Å². The third-order valence-electron chi connectivity index (χ3n) is 3.02. The Kier molecular flexibility index (Phi) is 4.10. The maximum Gasteiger partial charge on any atom is 0.260 e. The summed E-state index contributed by atoms with van der Waals surface area (Å²) in [4.78, 5) is 6.41. The standard InChI is InChI=1S/C13H18N4O2S/c1-10(2)17(8-11-5-3-4-6-12(11)14)20(18,19)13-7-15-9-16-13/h3-7,9-10H,8,14H2,1-2H3,(H,15,16). The van der Waals surface area contributed by atoms with Gasteiger partial charge in [0.25, 0.3) is 10.0 Å². The molecule has 0 aliphatic rings. The Bertz CT molecular complexity index is 665. The molecule has 0 aliphatic heterocycles. The van der Waals surface area contributed by atoms with Crippen LogP contribution in [0.2, 0.25) is 0 Å². The molecule has 20 heavy (non-hydrogen) atoms. The molecular formula is C13H18N4O2S. The number of para-hydroxylation sites is 1. The predicted octanol–water partition coefficient (Wildman–Crippen LogP) is 1.59. The predicted molar refractivity (Wildman–Crippen MR) is 77.3 cm³/mol. The molecule has 1 aromatic carbocycles. The number of anilines is 1. The van der Waals surface area contributed by atoms with Crippen LogP contribution in [0, 0.1) is 0 Å². The highest BCUT2D eigenvalue weighted by Gasteiger charge is 2.28. The first-order valence-electron chi connectivity index (χ1n) is 6.26. The van der Waals surface area contributed by atoms with E-state index < -0.39 is 10.0 Å². The summed E-state index contributed by atoms with van der Waals surface area (Å²) in [5.74, 6) is 0. The normalized spacial score (nSPS) is 12.2. The molecule has 0 bridgehead atoms. The Morgan fingerprint density at radius 1 is 1.35 bits per heavy atom. The largest absolute Gasteiger partial charge is 0.398 e. The van der Waals surface area contributed by atoms with Gasteiger partial charge in [-0.1, -0.05) is 18.2 Å². The van der Waals surface area contributed by atoms with Crippen molar-refractivity contribution in [1.82, 2.24) is 14.3 Å². The van der Waals surface area contributed by atoms with Gasteiger partial charge in [0.05, 0.1) is 12.5 Å². The van der Waals surface area contributed by atoms with Crippen molar-refractivity contribution < 1.29 is 8.42 Å². The number of rotatable bonds is 5. The Morgan fingerprint density at radius 3 is 2.60 bits per heavy atom. The van der Waals surface area contributed by atoms with E-state index in [-0.39, 0.29) is 17.6 Å². The van der Waals surface area contributed by atoms with Gasteiger partial charge in [0.15, 0.2) is 5.03 Å². The van der Waals surface area contributed by atoms with Gasteiger partial charge in [-0.25, -0.2) is 13.4 Å². The fourth-order valence-electron chi connectivity index (χ4n) is 1.90. The van der Waals surface area contributed by atoms with Gasteiger partial charge in [-0.3, -0.25) is 0 Å². The van der Waals surface area contributed by atoms with Crippen LogP contribution in [0.3, 0.4) is 0 Å². The highest BCUT2D eigenvalue weighted by Crippen LogP contribution is 2.21. The molecule has 0 saturated heterocycles. The number of sulfonamides is 1. The number of nitrogens with one attached hydrogen (secondary N) is 1. The summed E-state index contributed by atoms with van der Waals surface area (Å²) in [6, 6.07) is 7.06. The van der Waals surface area contributed by atoms with Crippen molar-refractivity contribution in [3.63, 3.8) is 0 Å². The highest BCUT2D eigenvalue weighted by molar-refractivity contribution is 7.89. The van der Waals surface area contributed by atoms with Crippen molar-refractivity contribution in [3.8, 4) is 0 Å². The zero-order chi connectivity index (χ0) is 14.8. The van der Waals surface area contributed by atoms with Gasteiger partial charge in [0.1, 0.15) is 0 Å². The molecule has 0 fully saturated rings. The first-order valence-corrected chi connectivity index (χ1v) is 7.70. The monoisotopic (exact) mass is 294 g/mol. The summed E-state index contributed by atoms with van der Waals surface area (Å²) in [7, 11) is -3.61. The molecule has 108 valence electrons. The lowest BCUT2D eigenvalue weighted by atomic mass is 10.2. The van der Waals surface area contributed by atoms with E-state index >= 15 is 0 Å². The third-order valence-corrected chi connectivity index (χ3v) is 4.96. The molecule has 1 aromatic heterocycles. The molecule has 3 N–H and O–H groups in total. The lowest BCUT2D eigenvalue weighted by Gasteiger charge is -2.25. The van der Waals surface area contributed by atoms with Crippen LogP contribution >= 0.6 is 0 Å². The second-order valence-electron chi connectivity index (χ2n) is 4.76. The van der Waals surface area contributed by atoms with Crippen molar-refractivity contribution in [2.45, 2.75) is 31.5 Å². The topological polar surface area (TPSA) is 92.1 Å². The van der Waals surface area contributed by atoms with Crippen LogP contribution in [0.4, 0.5) is 5.69 Å². The molecular weight excluding hydrogens is 276 g/mol. The molecule has 2 aromatic rings. The van der Waals surface area contributed by atoms with Crippen molar-refractivity contribution >= 4 is 15.7 Å². The first-order chi connectivity index (χ1) is 9.43. The van der Waals surface area contributed by atoms with Crippen LogP contribution in [0.25, 0.3) is 0 Å². The Morgan fingerprint density at radius 2 is 2.05 bits per heavy atom. The Balaban J connectivity index is 2.36. The Labute approximate surface area is 118 Å². The van der Waals surface area contributed by atoms with Crippen LogP contribution in [0.1, 0.15) is 19.4 Å². The van der Waals surface area contributed by atoms with Crippen LogP contribution in [-0.2, 0) is 16.6 Å². The third kappa shape index (κ3) is 2.83. The number of nitrogens with two attached hydrogens (primary N) is 1. The van der Waals surface area contributed by atoms with E-state index in [1.54, 1.807) is 6.07 Å². The minimum absolute atomic E-state index is 0.0840. The Hall–Kier alpha value is -1.86. The van der Waals surface area contributed by atoms with E-state index in [0.29, 0.717) is 5.69 Å². The van der Waals surface area contributed by atoms with Crippen molar-refractivity contribution in [1.29, 1.82) is 0 Å². The van der Waals surface area contributed by atoms with E-state index in [1.807, 2.05) is 32.0 Å². The molecule has 0 saturated carbocycles. The summed E-state index contributed by atoms with van der Waals surface area (Å²) >= 11 is 0. The van der Waals surface area contributed by atoms with Crippen molar-refractivity contribution in [2.75, 3.05) is 5.73 Å². The number of aromatic amines is 1. The molecule has 0 spiro atoms. The number of hydrogen-bond acceptors (Lipinski definition) is 4. The van der Waals surface area contributed by atoms with Gasteiger partial charge in [-0.15, -0.1) is 0 Å². The number of nitrogen functional groups attached to an aromatic ring is 1. The van der Waals surface area contributed by atoms with Crippen LogP contribution in [-0.4, -0.2) is 28.7 Å². The van der Waals surface area contributed by atoms with Gasteiger partial charge in [-0.2, -0.15) is 4.31 Å². The number of imidazole rings is 1. The molecule has 1 heterocycles. The molecule has 0 unspecified atom stereocenters. The molecule has 2 rings (SSSR count). The number of aromatic nitrogens is 2. The summed E-state index contributed by atoms with van der Waals surface area (Å²) in [6.45, 7) is 3.88. The molecule has 0 atom stereocenters. The lowest BCUT2D eigenvalue weighted by Crippen LogP contribution is -2.36. The lowest BCUT2D eigenvalue weighted by molar-refractivity contribution is 0.347. The van der Waals surface area contributed by atoms with Gasteiger partial charge in [0, 0.05) is 18.3 Å². The minimum Gasteiger partial charge on any atom is -0.398 e. The average Bonchev–Trinajstić information content (AvgIpc) is 2.91. The molecule has 0 amide bonds. The van der Waals surface area contributed by atoms with E-state index in [0.717, 1.165) is 5.56 Å². The number of benzene rings is 1. The zero-order valence-corrected chi connectivity index (χ0v) is 12.3. The van der Waals surface area contributed by atoms with Gasteiger partial charge in [-0.05, 0) is 25.5 Å². The zero-order valence-electron chi connectivity index (χ0n) is 11.4. The maximum absolute atomic E-state index is 12.6. The van der Waals surface area contributed by atoms with Gasteiger partial charge in [0.2, 0.25) is 0 Å². The van der Waals surface area contributed by atoms with E-state index in [1.165, 1.54) is 16.8 Å². The maximum atomic E-state index is 12.6. The molecule has 0 aliphatic carbocycles. The smallest absolute Gasteiger partial charge is 0.260 e. The second kappa shape index (κ2) is 5.64. The molecule has 6 nitrogen and oxygen atoms in total. The molecule has 7 heteroatoms. The average molecular weight is 294 g/mol. The summed E-state index contributed by atoms with van der Waals surface area (Å²) < 4.78 is 26.5. The first kappa shape index (κ1) is 14.5. The van der Waals surface area contributed by atoms with E-state index in [2.05, 4.69) is 9.97 Å². The van der Waals surface area contributed by atoms with Crippen LogP contribution < -0.4 is 5.73 Å². The number of nitrogens with zero attached hydrogens (tertiary/aromatic N) is 2. The highest BCUT2D eigenvalue weighted by atomic mass is 32.2. The minimum atomic E-state index is -3.61. The molecule has 0 radical (unpaired) electrons. The van der Waals surface area contributed by atoms with E-state index in [9.17, 15) is 8.42 Å². The van der Waals surface area contributed by atoms with Crippen molar-refractivity contribution in [2.24, 2.45) is 0 Å². The van der Waals surface area contributed by atoms with Crippen LogP contribution in [0.15, 0.2) is 41.8 Å². The van der Waals surface area contributed by atoms with Gasteiger partial charge < -0.3 is 10.7 Å². The number of hydrogen-bond donors (Lipinski definition) is 2. The quantitative estimate of drug-likeness (QED) is 0.819. The SMILES string of the molecule is CC(C)N(Cc1ccccc1N)S(=O)(=O)c1cnc[nH]1. The van der Waals surface area contributed by atoms with E-state index in [4.69, 9.17) is 5.73 Å². The number of H-pyrrole nitrogens is 1. The fraction of sp³-hybridized carbons (Fsp3) is 0.308.